The van der Waals surface area contributed by atoms with Crippen LogP contribution in [0, 0.1) is 5.82 Å². The van der Waals surface area contributed by atoms with Crippen molar-refractivity contribution in [3.05, 3.63) is 234 Å². The van der Waals surface area contributed by atoms with E-state index in [0.717, 1.165) is 50.3 Å². The molecule has 10 aromatic carbocycles. The monoisotopic (exact) mass is 854 g/mol. The van der Waals surface area contributed by atoms with Gasteiger partial charge in [-0.3, -0.25) is 0 Å². The number of hydrogen-bond donors (Lipinski definition) is 0. The molecule has 2 aliphatic rings. The SMILES string of the molecule is C[Si](C)(C)c1ccc(N(c2cc3c(c4ccccc24)-c2c(ccc4ccccc24)C32c3ccccc3N(c3ccccc3)c3ccccc32)c2cccc3c2oc2c(F)cccc23)cc1. The third-order valence-corrected chi connectivity index (χ3v) is 16.1. The lowest BCUT2D eigenvalue weighted by Crippen LogP contribution is -2.37. The Morgan fingerprint density at radius 1 is 0.462 bits per heavy atom. The van der Waals surface area contributed by atoms with Crippen LogP contribution in [0.5, 0.6) is 0 Å². The standard InChI is InChI=1S/C60H43FN2OSi/c1-65(2,3)41-34-32-40(33-35-41)63(54-30-16-24-46-45-23-15-27-51(61)58(45)64-59(46)54)55-37-50-57(44-22-10-9-21-43(44)55)56-42-20-8-7-17-38(42)31-36-49(56)60(50)47-25-11-13-28-52(47)62(39-18-5-4-6-19-39)53-29-14-12-26-48(53)60/h4-37H,1-3H3. The van der Waals surface area contributed by atoms with Crippen molar-refractivity contribution in [2.75, 3.05) is 9.80 Å². The van der Waals surface area contributed by atoms with Gasteiger partial charge in [-0.25, -0.2) is 4.39 Å². The normalized spacial score (nSPS) is 13.6. The second kappa shape index (κ2) is 13.9. The molecule has 0 radical (unpaired) electrons. The molecule has 1 aromatic heterocycles. The summed E-state index contributed by atoms with van der Waals surface area (Å²) >= 11 is 0. The first kappa shape index (κ1) is 37.8. The molecule has 0 saturated carbocycles. The van der Waals surface area contributed by atoms with Crippen molar-refractivity contribution in [1.29, 1.82) is 0 Å². The molecular formula is C60H43FN2OSi. The van der Waals surface area contributed by atoms with Crippen LogP contribution in [0.3, 0.4) is 0 Å². The lowest BCUT2D eigenvalue weighted by molar-refractivity contribution is 0.584. The van der Waals surface area contributed by atoms with E-state index in [2.05, 4.69) is 211 Å². The molecule has 11 aromatic rings. The summed E-state index contributed by atoms with van der Waals surface area (Å²) in [5.74, 6) is -0.371. The van der Waals surface area contributed by atoms with Crippen molar-refractivity contribution < 1.29 is 8.81 Å². The molecule has 0 saturated heterocycles. The zero-order valence-electron chi connectivity index (χ0n) is 36.3. The van der Waals surface area contributed by atoms with Gasteiger partial charge in [-0.1, -0.05) is 176 Å². The fraction of sp³-hybridized carbons (Fsp3) is 0.0667. The minimum absolute atomic E-state index is 0.266. The largest absolute Gasteiger partial charge is 0.451 e. The highest BCUT2D eigenvalue weighted by atomic mass is 28.3. The second-order valence-corrected chi connectivity index (χ2v) is 23.6. The summed E-state index contributed by atoms with van der Waals surface area (Å²) in [5, 5.41) is 7.73. The van der Waals surface area contributed by atoms with Gasteiger partial charge in [-0.05, 0) is 104 Å². The van der Waals surface area contributed by atoms with Crippen LogP contribution in [0.4, 0.5) is 38.5 Å². The van der Waals surface area contributed by atoms with Crippen molar-refractivity contribution in [2.24, 2.45) is 0 Å². The van der Waals surface area contributed by atoms with Crippen LogP contribution in [-0.4, -0.2) is 8.07 Å². The van der Waals surface area contributed by atoms with E-state index >= 15 is 4.39 Å². The maximum absolute atomic E-state index is 15.6. The van der Waals surface area contributed by atoms with Crippen molar-refractivity contribution >= 4 is 90.9 Å². The summed E-state index contributed by atoms with van der Waals surface area (Å²) in [6.07, 6.45) is 0. The van der Waals surface area contributed by atoms with Crippen molar-refractivity contribution in [2.45, 2.75) is 25.1 Å². The number of halogens is 1. The Labute approximate surface area is 378 Å². The first-order valence-corrected chi connectivity index (χ1v) is 26.0. The molecule has 1 spiro atoms. The number of hydrogen-bond acceptors (Lipinski definition) is 3. The van der Waals surface area contributed by atoms with Gasteiger partial charge in [0.05, 0.1) is 36.2 Å². The maximum atomic E-state index is 15.6. The third kappa shape index (κ3) is 5.27. The van der Waals surface area contributed by atoms with Crippen molar-refractivity contribution in [1.82, 2.24) is 0 Å². The zero-order valence-corrected chi connectivity index (χ0v) is 37.3. The average Bonchev–Trinajstić information content (AvgIpc) is 3.88. The first-order valence-electron chi connectivity index (χ1n) is 22.5. The molecule has 5 heteroatoms. The van der Waals surface area contributed by atoms with Gasteiger partial charge in [0.25, 0.3) is 0 Å². The highest BCUT2D eigenvalue weighted by Crippen LogP contribution is 2.66. The quantitative estimate of drug-likeness (QED) is 0.161. The zero-order chi connectivity index (χ0) is 43.6. The van der Waals surface area contributed by atoms with Gasteiger partial charge in [-0.15, -0.1) is 0 Å². The van der Waals surface area contributed by atoms with Crippen molar-refractivity contribution in [3.63, 3.8) is 0 Å². The van der Waals surface area contributed by atoms with Crippen LogP contribution in [0.1, 0.15) is 22.3 Å². The van der Waals surface area contributed by atoms with Gasteiger partial charge in [0.1, 0.15) is 0 Å². The first-order chi connectivity index (χ1) is 31.8. The lowest BCUT2D eigenvalue weighted by Gasteiger charge is -2.45. The number of para-hydroxylation sites is 5. The summed E-state index contributed by atoms with van der Waals surface area (Å²) in [5.41, 5.74) is 13.9. The minimum atomic E-state index is -1.65. The van der Waals surface area contributed by atoms with E-state index in [4.69, 9.17) is 4.42 Å². The number of nitrogens with zero attached hydrogens (tertiary/aromatic N) is 2. The van der Waals surface area contributed by atoms with E-state index in [9.17, 15) is 0 Å². The Bertz CT molecular complexity index is 3690. The summed E-state index contributed by atoms with van der Waals surface area (Å²) in [6.45, 7) is 7.16. The van der Waals surface area contributed by atoms with Gasteiger partial charge in [0.15, 0.2) is 17.0 Å². The molecule has 0 unspecified atom stereocenters. The average molecular weight is 855 g/mol. The number of furan rings is 1. The Morgan fingerprint density at radius 2 is 1.05 bits per heavy atom. The molecular weight excluding hydrogens is 812 g/mol. The number of benzene rings is 10. The minimum Gasteiger partial charge on any atom is -0.451 e. The number of anilines is 6. The van der Waals surface area contributed by atoms with E-state index in [1.54, 1.807) is 6.07 Å². The van der Waals surface area contributed by atoms with Crippen LogP contribution in [0.2, 0.25) is 19.6 Å². The molecule has 1 aliphatic carbocycles. The fourth-order valence-electron chi connectivity index (χ4n) is 11.3. The van der Waals surface area contributed by atoms with Gasteiger partial charge in [0.2, 0.25) is 0 Å². The smallest absolute Gasteiger partial charge is 0.171 e. The molecule has 0 bridgehead atoms. The molecule has 0 amide bonds. The summed E-state index contributed by atoms with van der Waals surface area (Å²) in [7, 11) is -1.65. The molecule has 13 rings (SSSR count). The summed E-state index contributed by atoms with van der Waals surface area (Å²) < 4.78 is 22.3. The highest BCUT2D eigenvalue weighted by molar-refractivity contribution is 6.88. The predicted molar refractivity (Wildman–Crippen MR) is 272 cm³/mol. The van der Waals surface area contributed by atoms with Crippen LogP contribution in [0.25, 0.3) is 54.6 Å². The topological polar surface area (TPSA) is 19.6 Å². The van der Waals surface area contributed by atoms with Gasteiger partial charge in [0, 0.05) is 27.5 Å². The Hall–Kier alpha value is -7.73. The Morgan fingerprint density at radius 3 is 1.77 bits per heavy atom. The third-order valence-electron chi connectivity index (χ3n) is 14.1. The van der Waals surface area contributed by atoms with E-state index in [0.29, 0.717) is 5.58 Å². The molecule has 0 fully saturated rings. The molecule has 2 heterocycles. The maximum Gasteiger partial charge on any atom is 0.171 e. The lowest BCUT2D eigenvalue weighted by atomic mass is 9.64. The van der Waals surface area contributed by atoms with E-state index in [1.807, 2.05) is 12.1 Å². The van der Waals surface area contributed by atoms with Crippen LogP contribution in [0.15, 0.2) is 211 Å². The van der Waals surface area contributed by atoms with Gasteiger partial charge in [-0.2, -0.15) is 0 Å². The predicted octanol–water partition coefficient (Wildman–Crippen LogP) is 16.2. The summed E-state index contributed by atoms with van der Waals surface area (Å²) in [6, 6.07) is 74.3. The fourth-order valence-corrected chi connectivity index (χ4v) is 12.4. The van der Waals surface area contributed by atoms with E-state index < -0.39 is 13.5 Å². The molecule has 1 aliphatic heterocycles. The summed E-state index contributed by atoms with van der Waals surface area (Å²) in [4.78, 5) is 4.80. The number of fused-ring (bicyclic) bond motifs is 16. The van der Waals surface area contributed by atoms with Gasteiger partial charge >= 0.3 is 0 Å². The number of rotatable bonds is 5. The Balaban J connectivity index is 1.20. The van der Waals surface area contributed by atoms with Crippen molar-refractivity contribution in [3.8, 4) is 11.1 Å². The highest BCUT2D eigenvalue weighted by Gasteiger charge is 2.53. The van der Waals surface area contributed by atoms with Crippen LogP contribution >= 0.6 is 0 Å². The van der Waals surface area contributed by atoms with E-state index in [1.165, 1.54) is 60.8 Å². The van der Waals surface area contributed by atoms with Gasteiger partial charge < -0.3 is 14.2 Å². The Kier molecular flexibility index (Phi) is 8.07. The second-order valence-electron chi connectivity index (χ2n) is 18.5. The molecule has 0 N–H and O–H groups in total. The van der Waals surface area contributed by atoms with Crippen LogP contribution in [-0.2, 0) is 5.41 Å². The van der Waals surface area contributed by atoms with Crippen LogP contribution < -0.4 is 15.0 Å². The molecule has 0 atom stereocenters. The molecule has 310 valence electrons. The molecule has 65 heavy (non-hydrogen) atoms. The molecule has 3 nitrogen and oxygen atoms in total. The van der Waals surface area contributed by atoms with E-state index in [-0.39, 0.29) is 11.4 Å².